The summed E-state index contributed by atoms with van der Waals surface area (Å²) >= 11 is 0. The Morgan fingerprint density at radius 1 is 1.06 bits per heavy atom. The number of nitrogens with zero attached hydrogens (tertiary/aromatic N) is 2. The summed E-state index contributed by atoms with van der Waals surface area (Å²) in [5.74, 6) is 0.511. The lowest BCUT2D eigenvalue weighted by Gasteiger charge is -2.08. The number of carbonyl (C=O) groups excluding carboxylic acids is 1. The molecule has 0 aliphatic rings. The van der Waals surface area contributed by atoms with Crippen molar-refractivity contribution in [2.45, 2.75) is 13.8 Å². The molecule has 86 valence electrons. The number of carbonyl (C=O) groups is 1. The molecule has 0 saturated carbocycles. The summed E-state index contributed by atoms with van der Waals surface area (Å²) in [6.45, 7) is 3.60. The minimum Gasteiger partial charge on any atom is -0.324 e. The normalized spacial score (nSPS) is 10.0. The van der Waals surface area contributed by atoms with E-state index in [4.69, 9.17) is 0 Å². The second-order valence-corrected chi connectivity index (χ2v) is 3.74. The van der Waals surface area contributed by atoms with E-state index in [-0.39, 0.29) is 0 Å². The molecule has 17 heavy (non-hydrogen) atoms. The smallest absolute Gasteiger partial charge is 0.227 e. The van der Waals surface area contributed by atoms with Crippen LogP contribution < -0.4 is 5.32 Å². The first-order valence-electron chi connectivity index (χ1n) is 5.33. The van der Waals surface area contributed by atoms with Crippen LogP contribution in [0.25, 0.3) is 0 Å². The van der Waals surface area contributed by atoms with E-state index in [1.54, 1.807) is 13.8 Å². The molecule has 0 aliphatic heterocycles. The lowest BCUT2D eigenvalue weighted by atomic mass is 10.2. The SMILES string of the molecule is Cc1nc(Nc2ccccc2)nc(C)c1C=O. The Bertz CT molecular complexity index is 515. The summed E-state index contributed by atoms with van der Waals surface area (Å²) in [5.41, 5.74) is 2.85. The van der Waals surface area contributed by atoms with Gasteiger partial charge in [0.2, 0.25) is 5.95 Å². The lowest BCUT2D eigenvalue weighted by molar-refractivity contribution is 0.112. The molecule has 0 atom stereocenters. The molecular formula is C13H13N3O. The van der Waals surface area contributed by atoms with Crippen molar-refractivity contribution < 1.29 is 4.79 Å². The predicted octanol–water partition coefficient (Wildman–Crippen LogP) is 2.65. The van der Waals surface area contributed by atoms with Crippen LogP contribution in [0, 0.1) is 13.8 Å². The average molecular weight is 227 g/mol. The van der Waals surface area contributed by atoms with Gasteiger partial charge in [0.25, 0.3) is 0 Å². The van der Waals surface area contributed by atoms with Gasteiger partial charge in [-0.3, -0.25) is 4.79 Å². The molecule has 1 N–H and O–H groups in total. The molecular weight excluding hydrogens is 214 g/mol. The van der Waals surface area contributed by atoms with E-state index < -0.39 is 0 Å². The molecule has 0 bridgehead atoms. The molecule has 0 spiro atoms. The number of benzene rings is 1. The monoisotopic (exact) mass is 227 g/mol. The molecule has 1 aromatic carbocycles. The number of para-hydroxylation sites is 1. The van der Waals surface area contributed by atoms with Gasteiger partial charge >= 0.3 is 0 Å². The number of anilines is 2. The predicted molar refractivity (Wildman–Crippen MR) is 66.6 cm³/mol. The van der Waals surface area contributed by atoms with Gasteiger partial charge in [0.05, 0.1) is 17.0 Å². The van der Waals surface area contributed by atoms with Gasteiger partial charge in [-0.1, -0.05) is 18.2 Å². The van der Waals surface area contributed by atoms with Crippen molar-refractivity contribution in [1.82, 2.24) is 9.97 Å². The number of aromatic nitrogens is 2. The van der Waals surface area contributed by atoms with Gasteiger partial charge in [0.1, 0.15) is 0 Å². The molecule has 0 radical (unpaired) electrons. The first-order valence-corrected chi connectivity index (χ1v) is 5.33. The van der Waals surface area contributed by atoms with Crippen molar-refractivity contribution in [3.63, 3.8) is 0 Å². The molecule has 2 aromatic rings. The summed E-state index contributed by atoms with van der Waals surface area (Å²) in [6, 6.07) is 9.67. The molecule has 0 fully saturated rings. The van der Waals surface area contributed by atoms with E-state index in [2.05, 4.69) is 15.3 Å². The first-order chi connectivity index (χ1) is 8.20. The number of aryl methyl sites for hydroxylation is 2. The standard InChI is InChI=1S/C13H13N3O/c1-9-12(8-17)10(2)15-13(14-9)16-11-6-4-3-5-7-11/h3-8H,1-2H3,(H,14,15,16). The van der Waals surface area contributed by atoms with Crippen molar-refractivity contribution in [2.75, 3.05) is 5.32 Å². The summed E-state index contributed by atoms with van der Waals surface area (Å²) < 4.78 is 0. The zero-order valence-electron chi connectivity index (χ0n) is 9.77. The van der Waals surface area contributed by atoms with Crippen LogP contribution in [0.15, 0.2) is 30.3 Å². The molecule has 0 amide bonds. The Balaban J connectivity index is 2.32. The third-order valence-corrected chi connectivity index (χ3v) is 2.47. The minimum atomic E-state index is 0.511. The van der Waals surface area contributed by atoms with E-state index in [1.807, 2.05) is 30.3 Å². The fraction of sp³-hybridized carbons (Fsp3) is 0.154. The Kier molecular flexibility index (Phi) is 3.14. The zero-order valence-corrected chi connectivity index (χ0v) is 9.77. The Morgan fingerprint density at radius 2 is 1.65 bits per heavy atom. The maximum absolute atomic E-state index is 10.8. The van der Waals surface area contributed by atoms with E-state index in [1.165, 1.54) is 0 Å². The van der Waals surface area contributed by atoms with Crippen LogP contribution in [0.5, 0.6) is 0 Å². The topological polar surface area (TPSA) is 54.9 Å². The highest BCUT2D eigenvalue weighted by Gasteiger charge is 2.07. The highest BCUT2D eigenvalue weighted by Crippen LogP contribution is 2.15. The Labute approximate surface area is 99.7 Å². The average Bonchev–Trinajstić information content (AvgIpc) is 2.30. The number of hydrogen-bond donors (Lipinski definition) is 1. The summed E-state index contributed by atoms with van der Waals surface area (Å²) in [7, 11) is 0. The van der Waals surface area contributed by atoms with Crippen LogP contribution in [0.1, 0.15) is 21.7 Å². The molecule has 1 aromatic heterocycles. The van der Waals surface area contributed by atoms with Gasteiger partial charge in [-0.2, -0.15) is 0 Å². The third kappa shape index (κ3) is 2.47. The molecule has 0 saturated heterocycles. The fourth-order valence-electron chi connectivity index (χ4n) is 1.60. The second kappa shape index (κ2) is 4.74. The van der Waals surface area contributed by atoms with Crippen LogP contribution in [0.4, 0.5) is 11.6 Å². The van der Waals surface area contributed by atoms with Gasteiger partial charge in [-0.15, -0.1) is 0 Å². The van der Waals surface area contributed by atoms with Crippen LogP contribution in [-0.4, -0.2) is 16.3 Å². The molecule has 4 nitrogen and oxygen atoms in total. The maximum atomic E-state index is 10.8. The molecule has 2 rings (SSSR count). The highest BCUT2D eigenvalue weighted by molar-refractivity contribution is 5.78. The number of rotatable bonds is 3. The quantitative estimate of drug-likeness (QED) is 0.819. The van der Waals surface area contributed by atoms with E-state index in [0.29, 0.717) is 22.9 Å². The van der Waals surface area contributed by atoms with E-state index in [9.17, 15) is 4.79 Å². The second-order valence-electron chi connectivity index (χ2n) is 3.74. The van der Waals surface area contributed by atoms with Gasteiger partial charge < -0.3 is 5.32 Å². The highest BCUT2D eigenvalue weighted by atomic mass is 16.1. The largest absolute Gasteiger partial charge is 0.324 e. The zero-order chi connectivity index (χ0) is 12.3. The van der Waals surface area contributed by atoms with Crippen molar-refractivity contribution >= 4 is 17.9 Å². The first kappa shape index (κ1) is 11.3. The lowest BCUT2D eigenvalue weighted by Crippen LogP contribution is -2.04. The summed E-state index contributed by atoms with van der Waals surface area (Å²) in [6.07, 6.45) is 0.789. The van der Waals surface area contributed by atoms with E-state index >= 15 is 0 Å². The number of hydrogen-bond acceptors (Lipinski definition) is 4. The number of aldehydes is 1. The minimum absolute atomic E-state index is 0.511. The van der Waals surface area contributed by atoms with Crippen molar-refractivity contribution in [3.05, 3.63) is 47.3 Å². The van der Waals surface area contributed by atoms with Crippen molar-refractivity contribution in [1.29, 1.82) is 0 Å². The summed E-state index contributed by atoms with van der Waals surface area (Å²) in [5, 5.41) is 3.10. The number of nitrogens with one attached hydrogen (secondary N) is 1. The van der Waals surface area contributed by atoms with Crippen LogP contribution in [0.3, 0.4) is 0 Å². The Hall–Kier alpha value is -2.23. The van der Waals surface area contributed by atoms with Crippen LogP contribution >= 0.6 is 0 Å². The maximum Gasteiger partial charge on any atom is 0.227 e. The van der Waals surface area contributed by atoms with Crippen LogP contribution in [0.2, 0.25) is 0 Å². The third-order valence-electron chi connectivity index (χ3n) is 2.47. The molecule has 4 heteroatoms. The van der Waals surface area contributed by atoms with Crippen molar-refractivity contribution in [2.24, 2.45) is 0 Å². The molecule has 0 unspecified atom stereocenters. The van der Waals surface area contributed by atoms with Gasteiger partial charge in [0.15, 0.2) is 6.29 Å². The van der Waals surface area contributed by atoms with Crippen LogP contribution in [-0.2, 0) is 0 Å². The van der Waals surface area contributed by atoms with Gasteiger partial charge in [-0.25, -0.2) is 9.97 Å². The Morgan fingerprint density at radius 3 is 2.18 bits per heavy atom. The molecule has 1 heterocycles. The summed E-state index contributed by atoms with van der Waals surface area (Å²) in [4.78, 5) is 19.3. The fourth-order valence-corrected chi connectivity index (χ4v) is 1.60. The van der Waals surface area contributed by atoms with Gasteiger partial charge in [-0.05, 0) is 26.0 Å². The molecule has 0 aliphatic carbocycles. The van der Waals surface area contributed by atoms with Gasteiger partial charge in [0, 0.05) is 5.69 Å². The van der Waals surface area contributed by atoms with Crippen molar-refractivity contribution in [3.8, 4) is 0 Å². The van der Waals surface area contributed by atoms with E-state index in [0.717, 1.165) is 12.0 Å².